The van der Waals surface area contributed by atoms with Crippen molar-refractivity contribution in [1.82, 2.24) is 19.7 Å². The first kappa shape index (κ1) is 26.4. The van der Waals surface area contributed by atoms with E-state index < -0.39 is 0 Å². The fraction of sp³-hybridized carbons (Fsp3) is 0.516. The largest absolute Gasteiger partial charge is 0.381 e. The SMILES string of the molecule is CCCCOCCC(C)c1ccc(-c2ccc(-n3c(CC4CCN(C(=O)C5CC5)C4)n[nH]c3=O)cc2)cc1. The van der Waals surface area contributed by atoms with Crippen LogP contribution in [0.2, 0.25) is 0 Å². The van der Waals surface area contributed by atoms with E-state index in [2.05, 4.69) is 60.4 Å². The van der Waals surface area contributed by atoms with E-state index in [9.17, 15) is 9.59 Å². The zero-order valence-electron chi connectivity index (χ0n) is 22.7. The van der Waals surface area contributed by atoms with Crippen LogP contribution in [-0.2, 0) is 16.0 Å². The van der Waals surface area contributed by atoms with Gasteiger partial charge in [-0.1, -0.05) is 56.7 Å². The molecule has 2 fully saturated rings. The predicted octanol–water partition coefficient (Wildman–Crippen LogP) is 5.34. The number of aromatic amines is 1. The number of rotatable bonds is 12. The number of aromatic nitrogens is 3. The number of nitrogens with one attached hydrogen (secondary N) is 1. The monoisotopic (exact) mass is 516 g/mol. The maximum Gasteiger partial charge on any atom is 0.347 e. The molecule has 202 valence electrons. The lowest BCUT2D eigenvalue weighted by Crippen LogP contribution is -2.30. The van der Waals surface area contributed by atoms with E-state index >= 15 is 0 Å². The average Bonchev–Trinajstić information content (AvgIpc) is 3.59. The Labute approximate surface area is 225 Å². The Hall–Kier alpha value is -3.19. The zero-order valence-corrected chi connectivity index (χ0v) is 22.7. The van der Waals surface area contributed by atoms with Crippen molar-refractivity contribution >= 4 is 5.91 Å². The van der Waals surface area contributed by atoms with Crippen molar-refractivity contribution in [2.45, 2.75) is 64.7 Å². The molecule has 5 rings (SSSR count). The van der Waals surface area contributed by atoms with Crippen LogP contribution in [0, 0.1) is 11.8 Å². The molecular formula is C31H40N4O3. The lowest BCUT2D eigenvalue weighted by Gasteiger charge is -2.16. The summed E-state index contributed by atoms with van der Waals surface area (Å²) in [5, 5.41) is 6.96. The summed E-state index contributed by atoms with van der Waals surface area (Å²) in [6, 6.07) is 16.8. The van der Waals surface area contributed by atoms with Crippen LogP contribution in [-0.4, -0.2) is 51.9 Å². The van der Waals surface area contributed by atoms with Gasteiger partial charge < -0.3 is 9.64 Å². The molecule has 38 heavy (non-hydrogen) atoms. The van der Waals surface area contributed by atoms with Gasteiger partial charge in [-0.3, -0.25) is 4.79 Å². The Morgan fingerprint density at radius 3 is 2.45 bits per heavy atom. The van der Waals surface area contributed by atoms with Crippen LogP contribution in [0.1, 0.15) is 69.7 Å². The highest BCUT2D eigenvalue weighted by molar-refractivity contribution is 5.81. The molecule has 1 aromatic heterocycles. The van der Waals surface area contributed by atoms with E-state index in [1.54, 1.807) is 4.57 Å². The van der Waals surface area contributed by atoms with Crippen LogP contribution in [0.25, 0.3) is 16.8 Å². The van der Waals surface area contributed by atoms with Crippen LogP contribution in [0.5, 0.6) is 0 Å². The summed E-state index contributed by atoms with van der Waals surface area (Å²) in [5.74, 6) is 2.07. The third kappa shape index (κ3) is 6.26. The summed E-state index contributed by atoms with van der Waals surface area (Å²) >= 11 is 0. The topological polar surface area (TPSA) is 80.2 Å². The number of hydrogen-bond acceptors (Lipinski definition) is 4. The smallest absolute Gasteiger partial charge is 0.347 e. The van der Waals surface area contributed by atoms with E-state index in [0.717, 1.165) is 81.0 Å². The number of unbranched alkanes of at least 4 members (excludes halogenated alkanes) is 1. The molecule has 1 amide bonds. The average molecular weight is 517 g/mol. The third-order valence-corrected chi connectivity index (χ3v) is 8.01. The van der Waals surface area contributed by atoms with Crippen molar-refractivity contribution in [3.63, 3.8) is 0 Å². The maximum atomic E-state index is 12.6. The van der Waals surface area contributed by atoms with Crippen LogP contribution < -0.4 is 5.69 Å². The summed E-state index contributed by atoms with van der Waals surface area (Å²) < 4.78 is 7.40. The number of hydrogen-bond donors (Lipinski definition) is 1. The number of amides is 1. The van der Waals surface area contributed by atoms with Gasteiger partial charge in [-0.05, 0) is 72.8 Å². The minimum absolute atomic E-state index is 0.228. The second-order valence-corrected chi connectivity index (χ2v) is 11.0. The molecule has 1 aliphatic carbocycles. The van der Waals surface area contributed by atoms with Gasteiger partial charge in [-0.25, -0.2) is 14.5 Å². The Morgan fingerprint density at radius 1 is 1.05 bits per heavy atom. The van der Waals surface area contributed by atoms with Gasteiger partial charge in [0.15, 0.2) is 0 Å². The molecule has 7 nitrogen and oxygen atoms in total. The zero-order chi connectivity index (χ0) is 26.5. The highest BCUT2D eigenvalue weighted by atomic mass is 16.5. The molecule has 1 N–H and O–H groups in total. The van der Waals surface area contributed by atoms with Crippen molar-refractivity contribution in [2.75, 3.05) is 26.3 Å². The minimum Gasteiger partial charge on any atom is -0.381 e. The first-order chi connectivity index (χ1) is 18.5. The number of carbonyl (C=O) groups excluding carboxylic acids is 1. The second-order valence-electron chi connectivity index (χ2n) is 11.0. The standard InChI is InChI=1S/C31H40N4O3/c1-3-4-18-38-19-16-22(2)24-5-7-25(8-6-24)26-11-13-28(14-12-26)35-29(32-33-31(35)37)20-23-15-17-34(21-23)30(36)27-9-10-27/h5-8,11-14,22-23,27H,3-4,9-10,15-21H2,1-2H3,(H,33,37). The van der Waals surface area contributed by atoms with Crippen molar-refractivity contribution in [1.29, 1.82) is 0 Å². The van der Waals surface area contributed by atoms with E-state index in [0.29, 0.717) is 24.2 Å². The molecule has 2 aliphatic rings. The Kier molecular flexibility index (Phi) is 8.42. The van der Waals surface area contributed by atoms with Crippen LogP contribution in [0.15, 0.2) is 53.3 Å². The lowest BCUT2D eigenvalue weighted by molar-refractivity contribution is -0.131. The van der Waals surface area contributed by atoms with Gasteiger partial charge in [-0.15, -0.1) is 0 Å². The van der Waals surface area contributed by atoms with Gasteiger partial charge in [0, 0.05) is 38.6 Å². The highest BCUT2D eigenvalue weighted by Gasteiger charge is 2.36. The fourth-order valence-electron chi connectivity index (χ4n) is 5.36. The normalized spacial score (nSPS) is 18.2. The number of H-pyrrole nitrogens is 1. The van der Waals surface area contributed by atoms with Crippen molar-refractivity contribution in [3.8, 4) is 16.8 Å². The summed E-state index contributed by atoms with van der Waals surface area (Å²) in [4.78, 5) is 27.1. The molecule has 2 atom stereocenters. The highest BCUT2D eigenvalue weighted by Crippen LogP contribution is 2.33. The van der Waals surface area contributed by atoms with Gasteiger partial charge in [-0.2, -0.15) is 5.10 Å². The summed E-state index contributed by atoms with van der Waals surface area (Å²) in [5.41, 5.74) is 4.16. The lowest BCUT2D eigenvalue weighted by atomic mass is 9.95. The van der Waals surface area contributed by atoms with Gasteiger partial charge in [0.2, 0.25) is 5.91 Å². The third-order valence-electron chi connectivity index (χ3n) is 8.01. The summed E-state index contributed by atoms with van der Waals surface area (Å²) in [6.07, 6.45) is 7.02. The van der Waals surface area contributed by atoms with Gasteiger partial charge in [0.25, 0.3) is 0 Å². The van der Waals surface area contributed by atoms with Crippen LogP contribution >= 0.6 is 0 Å². The number of carbonyl (C=O) groups is 1. The van der Waals surface area contributed by atoms with Gasteiger partial charge >= 0.3 is 5.69 Å². The van der Waals surface area contributed by atoms with Crippen molar-refractivity contribution < 1.29 is 9.53 Å². The van der Waals surface area contributed by atoms with Gasteiger partial charge in [0.05, 0.1) is 5.69 Å². The van der Waals surface area contributed by atoms with E-state index in [-0.39, 0.29) is 11.6 Å². The Morgan fingerprint density at radius 2 is 1.76 bits per heavy atom. The summed E-state index contributed by atoms with van der Waals surface area (Å²) in [6.45, 7) is 7.66. The second kappa shape index (κ2) is 12.1. The quantitative estimate of drug-likeness (QED) is 0.330. The molecule has 1 aliphatic heterocycles. The molecule has 2 aromatic carbocycles. The molecule has 0 spiro atoms. The summed E-state index contributed by atoms with van der Waals surface area (Å²) in [7, 11) is 0. The number of nitrogens with zero attached hydrogens (tertiary/aromatic N) is 3. The first-order valence-electron chi connectivity index (χ1n) is 14.3. The van der Waals surface area contributed by atoms with E-state index in [1.165, 1.54) is 12.0 Å². The number of ether oxygens (including phenoxy) is 1. The molecule has 1 saturated carbocycles. The Bertz CT molecular complexity index is 1260. The number of benzene rings is 2. The molecule has 2 heterocycles. The first-order valence-corrected chi connectivity index (χ1v) is 14.3. The van der Waals surface area contributed by atoms with Crippen molar-refractivity contribution in [2.24, 2.45) is 11.8 Å². The molecular weight excluding hydrogens is 476 g/mol. The molecule has 3 aromatic rings. The van der Waals surface area contributed by atoms with Gasteiger partial charge in [0.1, 0.15) is 5.82 Å². The minimum atomic E-state index is -0.228. The van der Waals surface area contributed by atoms with Crippen LogP contribution in [0.4, 0.5) is 0 Å². The van der Waals surface area contributed by atoms with Crippen molar-refractivity contribution in [3.05, 3.63) is 70.4 Å². The Balaban J connectivity index is 1.20. The fourth-order valence-corrected chi connectivity index (χ4v) is 5.36. The molecule has 7 heteroatoms. The molecule has 0 bridgehead atoms. The molecule has 2 unspecified atom stereocenters. The maximum absolute atomic E-state index is 12.6. The number of likely N-dealkylation sites (tertiary alicyclic amines) is 1. The van der Waals surface area contributed by atoms with Crippen LogP contribution in [0.3, 0.4) is 0 Å². The molecule has 0 radical (unpaired) electrons. The molecule has 1 saturated heterocycles. The van der Waals surface area contributed by atoms with E-state index in [4.69, 9.17) is 4.74 Å². The predicted molar refractivity (Wildman–Crippen MR) is 149 cm³/mol. The van der Waals surface area contributed by atoms with E-state index in [1.807, 2.05) is 17.0 Å².